The van der Waals surface area contributed by atoms with Gasteiger partial charge in [-0.15, -0.1) is 12.4 Å². The Balaban J connectivity index is 0. The number of hydrogen-bond donors (Lipinski definition) is 2. The van der Waals surface area contributed by atoms with Crippen molar-refractivity contribution >= 4 is 18.3 Å². The normalized spacial score (nSPS) is 12.1. The van der Waals surface area contributed by atoms with Gasteiger partial charge in [-0.05, 0) is 12.3 Å². The highest BCUT2D eigenvalue weighted by Gasteiger charge is 2.11. The molecule has 0 aromatic carbocycles. The summed E-state index contributed by atoms with van der Waals surface area (Å²) in [4.78, 5) is 11.3. The van der Waals surface area contributed by atoms with Crippen LogP contribution < -0.4 is 11.1 Å². The number of halogens is 1. The SMILES string of the molecule is CCCC[C@H](N)C(=O)NCC(C)C.Cl. The maximum atomic E-state index is 11.3. The molecule has 0 aromatic heterocycles. The second-order valence-electron chi connectivity index (χ2n) is 3.89. The first-order valence-corrected chi connectivity index (χ1v) is 5.11. The molecule has 0 spiro atoms. The van der Waals surface area contributed by atoms with Gasteiger partial charge in [-0.25, -0.2) is 0 Å². The minimum Gasteiger partial charge on any atom is -0.354 e. The van der Waals surface area contributed by atoms with Crippen LogP contribution in [0.1, 0.15) is 40.0 Å². The van der Waals surface area contributed by atoms with Gasteiger partial charge in [0, 0.05) is 6.54 Å². The van der Waals surface area contributed by atoms with Crippen molar-refractivity contribution in [2.75, 3.05) is 6.54 Å². The Hall–Kier alpha value is -0.280. The van der Waals surface area contributed by atoms with Crippen molar-refractivity contribution in [1.82, 2.24) is 5.32 Å². The third kappa shape index (κ3) is 8.32. The quantitative estimate of drug-likeness (QED) is 0.719. The van der Waals surface area contributed by atoms with Gasteiger partial charge in [-0.1, -0.05) is 33.6 Å². The first kappa shape index (κ1) is 16.2. The Bertz CT molecular complexity index is 151. The molecule has 1 atom stereocenters. The highest BCUT2D eigenvalue weighted by molar-refractivity contribution is 5.85. The Morgan fingerprint density at radius 1 is 1.43 bits per heavy atom. The zero-order chi connectivity index (χ0) is 10.3. The second-order valence-corrected chi connectivity index (χ2v) is 3.89. The highest BCUT2D eigenvalue weighted by Crippen LogP contribution is 1.98. The van der Waals surface area contributed by atoms with Crippen LogP contribution in [0.4, 0.5) is 0 Å². The maximum absolute atomic E-state index is 11.3. The molecule has 1 amide bonds. The molecule has 0 saturated heterocycles. The van der Waals surface area contributed by atoms with E-state index in [9.17, 15) is 4.79 Å². The Morgan fingerprint density at radius 2 is 2.00 bits per heavy atom. The molecule has 0 rings (SSSR count). The molecular weight excluding hydrogens is 200 g/mol. The van der Waals surface area contributed by atoms with Crippen LogP contribution in [0.25, 0.3) is 0 Å². The second kappa shape index (κ2) is 9.28. The van der Waals surface area contributed by atoms with Crippen molar-refractivity contribution in [2.45, 2.75) is 46.1 Å². The molecule has 0 unspecified atom stereocenters. The number of nitrogens with one attached hydrogen (secondary N) is 1. The molecule has 0 saturated carbocycles. The smallest absolute Gasteiger partial charge is 0.236 e. The fourth-order valence-corrected chi connectivity index (χ4v) is 0.991. The highest BCUT2D eigenvalue weighted by atomic mass is 35.5. The maximum Gasteiger partial charge on any atom is 0.236 e. The molecule has 0 aliphatic rings. The topological polar surface area (TPSA) is 55.1 Å². The van der Waals surface area contributed by atoms with Gasteiger partial charge in [0.05, 0.1) is 6.04 Å². The van der Waals surface area contributed by atoms with E-state index in [0.29, 0.717) is 5.92 Å². The zero-order valence-electron chi connectivity index (χ0n) is 9.38. The molecule has 0 fully saturated rings. The summed E-state index contributed by atoms with van der Waals surface area (Å²) in [6.07, 6.45) is 2.90. The lowest BCUT2D eigenvalue weighted by atomic mass is 10.1. The van der Waals surface area contributed by atoms with Crippen LogP contribution in [0.5, 0.6) is 0 Å². The summed E-state index contributed by atoms with van der Waals surface area (Å²) < 4.78 is 0. The number of hydrogen-bond acceptors (Lipinski definition) is 2. The third-order valence-electron chi connectivity index (χ3n) is 1.89. The number of carbonyl (C=O) groups is 1. The number of rotatable bonds is 6. The Kier molecular flexibility index (Phi) is 10.7. The minimum absolute atomic E-state index is 0. The molecule has 3 N–H and O–H groups in total. The molecule has 14 heavy (non-hydrogen) atoms. The van der Waals surface area contributed by atoms with Gasteiger partial charge in [0.15, 0.2) is 0 Å². The van der Waals surface area contributed by atoms with Crippen LogP contribution in [0, 0.1) is 5.92 Å². The van der Waals surface area contributed by atoms with E-state index in [4.69, 9.17) is 5.73 Å². The number of amides is 1. The van der Waals surface area contributed by atoms with E-state index in [1.165, 1.54) is 0 Å². The van der Waals surface area contributed by atoms with Crippen molar-refractivity contribution in [3.8, 4) is 0 Å². The largest absolute Gasteiger partial charge is 0.354 e. The molecule has 0 heterocycles. The summed E-state index contributed by atoms with van der Waals surface area (Å²) in [5.74, 6) is 0.476. The molecule has 4 heteroatoms. The van der Waals surface area contributed by atoms with Gasteiger partial charge in [-0.3, -0.25) is 4.79 Å². The van der Waals surface area contributed by atoms with Crippen LogP contribution in [0.3, 0.4) is 0 Å². The molecule has 0 aliphatic heterocycles. The summed E-state index contributed by atoms with van der Waals surface area (Å²) in [6.45, 7) is 6.95. The number of carbonyl (C=O) groups excluding carboxylic acids is 1. The fourth-order valence-electron chi connectivity index (χ4n) is 0.991. The van der Waals surface area contributed by atoms with Crippen LogP contribution in [-0.2, 0) is 4.79 Å². The van der Waals surface area contributed by atoms with Crippen LogP contribution in [0.2, 0.25) is 0 Å². The van der Waals surface area contributed by atoms with Crippen LogP contribution in [-0.4, -0.2) is 18.5 Å². The summed E-state index contributed by atoms with van der Waals surface area (Å²) in [5.41, 5.74) is 5.68. The average molecular weight is 223 g/mol. The van der Waals surface area contributed by atoms with E-state index in [1.54, 1.807) is 0 Å². The summed E-state index contributed by atoms with van der Waals surface area (Å²) in [7, 11) is 0. The van der Waals surface area contributed by atoms with Gasteiger partial charge in [0.25, 0.3) is 0 Å². The van der Waals surface area contributed by atoms with E-state index in [2.05, 4.69) is 26.1 Å². The lowest BCUT2D eigenvalue weighted by Gasteiger charge is -2.12. The first-order valence-electron chi connectivity index (χ1n) is 5.11. The number of unbranched alkanes of at least 4 members (excludes halogenated alkanes) is 1. The molecule has 86 valence electrons. The first-order chi connectivity index (χ1) is 6.07. The van der Waals surface area contributed by atoms with Gasteiger partial charge < -0.3 is 11.1 Å². The summed E-state index contributed by atoms with van der Waals surface area (Å²) in [6, 6.07) is -0.321. The van der Waals surface area contributed by atoms with Gasteiger partial charge >= 0.3 is 0 Å². The lowest BCUT2D eigenvalue weighted by molar-refractivity contribution is -0.122. The minimum atomic E-state index is -0.321. The number of nitrogens with two attached hydrogens (primary N) is 1. The van der Waals surface area contributed by atoms with Crippen molar-refractivity contribution in [3.63, 3.8) is 0 Å². The molecule has 0 aliphatic carbocycles. The molecule has 0 bridgehead atoms. The molecule has 3 nitrogen and oxygen atoms in total. The Morgan fingerprint density at radius 3 is 2.43 bits per heavy atom. The van der Waals surface area contributed by atoms with Crippen molar-refractivity contribution < 1.29 is 4.79 Å². The predicted octanol–water partition coefficient (Wildman–Crippen LogP) is 1.70. The molecule has 0 radical (unpaired) electrons. The van der Waals surface area contributed by atoms with E-state index in [0.717, 1.165) is 25.8 Å². The van der Waals surface area contributed by atoms with Crippen molar-refractivity contribution in [1.29, 1.82) is 0 Å². The fraction of sp³-hybridized carbons (Fsp3) is 0.900. The average Bonchev–Trinajstić information content (AvgIpc) is 2.10. The van der Waals surface area contributed by atoms with Gasteiger partial charge in [0.1, 0.15) is 0 Å². The van der Waals surface area contributed by atoms with Crippen LogP contribution in [0.15, 0.2) is 0 Å². The van der Waals surface area contributed by atoms with Gasteiger partial charge in [0.2, 0.25) is 5.91 Å². The Labute approximate surface area is 93.2 Å². The monoisotopic (exact) mass is 222 g/mol. The van der Waals surface area contributed by atoms with Crippen LogP contribution >= 0.6 is 12.4 Å². The van der Waals surface area contributed by atoms with Gasteiger partial charge in [-0.2, -0.15) is 0 Å². The summed E-state index contributed by atoms with van der Waals surface area (Å²) >= 11 is 0. The van der Waals surface area contributed by atoms with E-state index < -0.39 is 0 Å². The molecule has 0 aromatic rings. The summed E-state index contributed by atoms with van der Waals surface area (Å²) in [5, 5.41) is 2.83. The van der Waals surface area contributed by atoms with E-state index in [1.807, 2.05) is 0 Å². The standard InChI is InChI=1S/C10H22N2O.ClH/c1-4-5-6-9(11)10(13)12-7-8(2)3;/h8-9H,4-7,11H2,1-3H3,(H,12,13);1H/t9-;/m0./s1. The van der Waals surface area contributed by atoms with Crippen molar-refractivity contribution in [2.24, 2.45) is 11.7 Å². The van der Waals surface area contributed by atoms with Crippen molar-refractivity contribution in [3.05, 3.63) is 0 Å². The molecular formula is C10H23ClN2O. The van der Waals surface area contributed by atoms with E-state index >= 15 is 0 Å². The van der Waals surface area contributed by atoms with E-state index in [-0.39, 0.29) is 24.4 Å². The zero-order valence-corrected chi connectivity index (χ0v) is 10.2. The predicted molar refractivity (Wildman–Crippen MR) is 62.6 cm³/mol. The lowest BCUT2D eigenvalue weighted by Crippen LogP contribution is -2.41. The third-order valence-corrected chi connectivity index (χ3v) is 1.89.